The number of alkyl halides is 1. The van der Waals surface area contributed by atoms with Crippen LogP contribution in [0, 0.1) is 0 Å². The van der Waals surface area contributed by atoms with Gasteiger partial charge in [0, 0.05) is 19.2 Å². The summed E-state index contributed by atoms with van der Waals surface area (Å²) in [5.74, 6) is 0.526. The summed E-state index contributed by atoms with van der Waals surface area (Å²) in [6.07, 6.45) is 1.07. The van der Waals surface area contributed by atoms with E-state index in [9.17, 15) is 0 Å². The van der Waals surface area contributed by atoms with Crippen LogP contribution in [0.4, 0.5) is 0 Å². The lowest BCUT2D eigenvalue weighted by atomic mass is 9.97. The molecule has 0 spiro atoms. The van der Waals surface area contributed by atoms with Crippen molar-refractivity contribution >= 4 is 59.1 Å². The highest BCUT2D eigenvalue weighted by molar-refractivity contribution is 9.11. The first kappa shape index (κ1) is 13.8. The van der Waals surface area contributed by atoms with Gasteiger partial charge in [0.15, 0.2) is 0 Å². The van der Waals surface area contributed by atoms with Crippen LogP contribution < -0.4 is 0 Å². The highest BCUT2D eigenvalue weighted by Gasteiger charge is 2.13. The van der Waals surface area contributed by atoms with Crippen molar-refractivity contribution in [1.82, 2.24) is 0 Å². The third-order valence-corrected chi connectivity index (χ3v) is 5.91. The lowest BCUT2D eigenvalue weighted by Gasteiger charge is -2.14. The number of hydrogen-bond acceptors (Lipinski definition) is 1. The Balaban J connectivity index is 2.17. The predicted octanol–water partition coefficient (Wildman–Crippen LogP) is 5.99. The first-order valence-corrected chi connectivity index (χ1v) is 8.82. The first-order chi connectivity index (χ1) is 8.20. The molecule has 0 nitrogen and oxygen atoms in total. The zero-order valence-electron chi connectivity index (χ0n) is 9.00. The Morgan fingerprint density at radius 1 is 1.06 bits per heavy atom. The Bertz CT molecular complexity index is 476. The summed E-state index contributed by atoms with van der Waals surface area (Å²) in [7, 11) is 0. The molecule has 0 N–H and O–H groups in total. The standard InChI is InChI=1S/C13H11Br3S/c14-8-10(7-13-12(16)5-6-17-13)9-1-3-11(15)4-2-9/h1-6,10H,7-8H2. The topological polar surface area (TPSA) is 0 Å². The predicted molar refractivity (Wildman–Crippen MR) is 86.4 cm³/mol. The molecule has 2 rings (SSSR count). The van der Waals surface area contributed by atoms with Gasteiger partial charge in [0.1, 0.15) is 0 Å². The Kier molecular flexibility index (Phi) is 5.27. The average Bonchev–Trinajstić information content (AvgIpc) is 2.73. The van der Waals surface area contributed by atoms with Crippen LogP contribution in [-0.4, -0.2) is 5.33 Å². The third kappa shape index (κ3) is 3.66. The van der Waals surface area contributed by atoms with Crippen LogP contribution in [0.5, 0.6) is 0 Å². The number of benzene rings is 1. The maximum atomic E-state index is 3.62. The Morgan fingerprint density at radius 2 is 1.76 bits per heavy atom. The molecule has 0 aliphatic rings. The fourth-order valence-electron chi connectivity index (χ4n) is 1.69. The molecule has 4 heteroatoms. The van der Waals surface area contributed by atoms with E-state index in [-0.39, 0.29) is 0 Å². The zero-order valence-corrected chi connectivity index (χ0v) is 14.6. The second-order valence-corrected chi connectivity index (χ2v) is 7.22. The van der Waals surface area contributed by atoms with Crippen LogP contribution in [0.1, 0.15) is 16.4 Å². The summed E-state index contributed by atoms with van der Waals surface area (Å²) in [5.41, 5.74) is 1.38. The molecule has 1 heterocycles. The molecule has 1 aromatic heterocycles. The van der Waals surface area contributed by atoms with Gasteiger partial charge in [-0.3, -0.25) is 0 Å². The fourth-order valence-corrected chi connectivity index (χ4v) is 4.15. The molecule has 90 valence electrons. The molecule has 17 heavy (non-hydrogen) atoms. The van der Waals surface area contributed by atoms with Gasteiger partial charge in [-0.25, -0.2) is 0 Å². The molecule has 0 amide bonds. The molecule has 0 bridgehead atoms. The van der Waals surface area contributed by atoms with Crippen molar-refractivity contribution in [3.05, 3.63) is 55.1 Å². The lowest BCUT2D eigenvalue weighted by molar-refractivity contribution is 0.783. The van der Waals surface area contributed by atoms with Crippen molar-refractivity contribution in [2.45, 2.75) is 12.3 Å². The van der Waals surface area contributed by atoms with Gasteiger partial charge in [0.25, 0.3) is 0 Å². The monoisotopic (exact) mass is 436 g/mol. The fraction of sp³-hybridized carbons (Fsp3) is 0.231. The minimum Gasteiger partial charge on any atom is -0.148 e. The number of rotatable bonds is 4. The van der Waals surface area contributed by atoms with E-state index in [0.29, 0.717) is 5.92 Å². The van der Waals surface area contributed by atoms with Gasteiger partial charge in [-0.15, -0.1) is 11.3 Å². The highest BCUT2D eigenvalue weighted by atomic mass is 79.9. The van der Waals surface area contributed by atoms with Crippen molar-refractivity contribution in [3.8, 4) is 0 Å². The van der Waals surface area contributed by atoms with Crippen molar-refractivity contribution in [2.24, 2.45) is 0 Å². The Hall–Kier alpha value is 0.360. The van der Waals surface area contributed by atoms with Gasteiger partial charge in [0.05, 0.1) is 0 Å². The number of hydrogen-bond donors (Lipinski definition) is 0. The second-order valence-electron chi connectivity index (χ2n) is 3.80. The maximum Gasteiger partial charge on any atom is 0.0314 e. The maximum absolute atomic E-state index is 3.62. The SMILES string of the molecule is BrCC(Cc1sccc1Br)c1ccc(Br)cc1. The van der Waals surface area contributed by atoms with Crippen molar-refractivity contribution in [3.63, 3.8) is 0 Å². The molecule has 0 saturated heterocycles. The van der Waals surface area contributed by atoms with Gasteiger partial charge >= 0.3 is 0 Å². The summed E-state index contributed by atoms with van der Waals surface area (Å²) >= 11 is 12.5. The van der Waals surface area contributed by atoms with Crippen molar-refractivity contribution < 1.29 is 0 Å². The minimum absolute atomic E-state index is 0.526. The molecule has 0 saturated carbocycles. The van der Waals surface area contributed by atoms with Crippen LogP contribution in [-0.2, 0) is 6.42 Å². The summed E-state index contributed by atoms with van der Waals surface area (Å²) in [5, 5.41) is 3.12. The Labute approximate surface area is 131 Å². The zero-order chi connectivity index (χ0) is 12.3. The summed E-state index contributed by atoms with van der Waals surface area (Å²) < 4.78 is 2.36. The van der Waals surface area contributed by atoms with Gasteiger partial charge in [-0.2, -0.15) is 0 Å². The van der Waals surface area contributed by atoms with E-state index in [1.165, 1.54) is 14.9 Å². The normalized spacial score (nSPS) is 12.6. The van der Waals surface area contributed by atoms with E-state index in [0.717, 1.165) is 16.2 Å². The van der Waals surface area contributed by atoms with Crippen molar-refractivity contribution in [1.29, 1.82) is 0 Å². The molecule has 0 aliphatic heterocycles. The number of thiophene rings is 1. The number of halogens is 3. The Morgan fingerprint density at radius 3 is 2.29 bits per heavy atom. The molecule has 2 aromatic rings. The van der Waals surface area contributed by atoms with E-state index < -0.39 is 0 Å². The van der Waals surface area contributed by atoms with Crippen LogP contribution in [0.3, 0.4) is 0 Å². The molecular formula is C13H11Br3S. The van der Waals surface area contributed by atoms with E-state index in [2.05, 4.69) is 83.5 Å². The largest absolute Gasteiger partial charge is 0.148 e. The van der Waals surface area contributed by atoms with Gasteiger partial charge in [-0.05, 0) is 57.4 Å². The smallest absolute Gasteiger partial charge is 0.0314 e. The van der Waals surface area contributed by atoms with Crippen molar-refractivity contribution in [2.75, 3.05) is 5.33 Å². The molecule has 1 aromatic carbocycles. The summed E-state index contributed by atoms with van der Waals surface area (Å²) in [6.45, 7) is 0. The second kappa shape index (κ2) is 6.50. The van der Waals surface area contributed by atoms with E-state index in [1.807, 2.05) is 11.3 Å². The van der Waals surface area contributed by atoms with Crippen LogP contribution >= 0.6 is 59.1 Å². The highest BCUT2D eigenvalue weighted by Crippen LogP contribution is 2.30. The molecule has 0 radical (unpaired) electrons. The third-order valence-electron chi connectivity index (χ3n) is 2.65. The summed E-state index contributed by atoms with van der Waals surface area (Å²) in [6, 6.07) is 10.7. The van der Waals surface area contributed by atoms with Crippen LogP contribution in [0.15, 0.2) is 44.7 Å². The van der Waals surface area contributed by atoms with E-state index in [1.54, 1.807) is 0 Å². The summed E-state index contributed by atoms with van der Waals surface area (Å²) in [4.78, 5) is 1.41. The quantitative estimate of drug-likeness (QED) is 0.514. The average molecular weight is 439 g/mol. The molecule has 1 unspecified atom stereocenters. The minimum atomic E-state index is 0.526. The van der Waals surface area contributed by atoms with Gasteiger partial charge in [-0.1, -0.05) is 44.0 Å². The molecule has 0 aliphatic carbocycles. The molecule has 0 fully saturated rings. The van der Waals surface area contributed by atoms with Gasteiger partial charge in [0.2, 0.25) is 0 Å². The van der Waals surface area contributed by atoms with E-state index in [4.69, 9.17) is 0 Å². The van der Waals surface area contributed by atoms with Gasteiger partial charge < -0.3 is 0 Å². The van der Waals surface area contributed by atoms with Crippen LogP contribution in [0.25, 0.3) is 0 Å². The first-order valence-electron chi connectivity index (χ1n) is 5.24. The molecule has 1 atom stereocenters. The van der Waals surface area contributed by atoms with E-state index >= 15 is 0 Å². The molecular weight excluding hydrogens is 428 g/mol. The lowest BCUT2D eigenvalue weighted by Crippen LogP contribution is -2.03. The van der Waals surface area contributed by atoms with Crippen LogP contribution in [0.2, 0.25) is 0 Å².